The number of nitrogens with zero attached hydrogens (tertiary/aromatic N) is 3. The van der Waals surface area contributed by atoms with Crippen LogP contribution < -0.4 is 5.32 Å². The minimum absolute atomic E-state index is 0.889. The summed E-state index contributed by atoms with van der Waals surface area (Å²) >= 11 is 0. The molecule has 0 unspecified atom stereocenters. The number of hydrogen-bond acceptors (Lipinski definition) is 3. The van der Waals surface area contributed by atoms with Gasteiger partial charge >= 0.3 is 0 Å². The summed E-state index contributed by atoms with van der Waals surface area (Å²) in [5, 5.41) is 7.17. The van der Waals surface area contributed by atoms with Gasteiger partial charge in [-0.05, 0) is 19.1 Å². The normalized spacial score (nSPS) is 10.3. The van der Waals surface area contributed by atoms with Crippen LogP contribution >= 0.6 is 0 Å². The lowest BCUT2D eigenvalue weighted by atomic mass is 10.1. The highest BCUT2D eigenvalue weighted by Crippen LogP contribution is 2.22. The topological polar surface area (TPSA) is 42.7 Å². The molecule has 2 aromatic rings. The second kappa shape index (κ2) is 3.73. The second-order valence-electron chi connectivity index (χ2n) is 3.48. The number of rotatable bonds is 2. The van der Waals surface area contributed by atoms with Crippen molar-refractivity contribution in [3.05, 3.63) is 30.2 Å². The Balaban J connectivity index is 2.45. The maximum absolute atomic E-state index is 4.43. The first-order valence-electron chi connectivity index (χ1n) is 4.85. The van der Waals surface area contributed by atoms with Gasteiger partial charge in [0.2, 0.25) is 0 Å². The van der Waals surface area contributed by atoms with Gasteiger partial charge in [0, 0.05) is 37.1 Å². The Labute approximate surface area is 89.0 Å². The van der Waals surface area contributed by atoms with Gasteiger partial charge in [0.05, 0.1) is 6.20 Å². The second-order valence-corrected chi connectivity index (χ2v) is 3.48. The van der Waals surface area contributed by atoms with E-state index in [1.165, 1.54) is 0 Å². The monoisotopic (exact) mass is 202 g/mol. The summed E-state index contributed by atoms with van der Waals surface area (Å²) < 4.78 is 1.79. The molecule has 0 atom stereocenters. The van der Waals surface area contributed by atoms with Gasteiger partial charge in [-0.25, -0.2) is 4.98 Å². The van der Waals surface area contributed by atoms with Crippen molar-refractivity contribution >= 4 is 5.82 Å². The van der Waals surface area contributed by atoms with Crippen molar-refractivity contribution in [2.24, 2.45) is 7.05 Å². The summed E-state index contributed by atoms with van der Waals surface area (Å²) in [6.45, 7) is 2.00. The van der Waals surface area contributed by atoms with Crippen LogP contribution in [0.15, 0.2) is 24.5 Å². The van der Waals surface area contributed by atoms with Crippen LogP contribution in [0.25, 0.3) is 11.1 Å². The minimum atomic E-state index is 0.889. The van der Waals surface area contributed by atoms with E-state index in [1.54, 1.807) is 4.68 Å². The predicted molar refractivity (Wildman–Crippen MR) is 60.7 cm³/mol. The molecule has 78 valence electrons. The number of aromatic nitrogens is 3. The molecule has 0 saturated heterocycles. The molecule has 15 heavy (non-hydrogen) atoms. The van der Waals surface area contributed by atoms with Crippen LogP contribution in [0, 0.1) is 6.92 Å². The molecule has 0 radical (unpaired) electrons. The van der Waals surface area contributed by atoms with Crippen molar-refractivity contribution in [3.8, 4) is 11.1 Å². The molecule has 4 heteroatoms. The van der Waals surface area contributed by atoms with Gasteiger partial charge in [0.15, 0.2) is 0 Å². The van der Waals surface area contributed by atoms with E-state index in [9.17, 15) is 0 Å². The molecule has 0 aromatic carbocycles. The largest absolute Gasteiger partial charge is 0.373 e. The summed E-state index contributed by atoms with van der Waals surface area (Å²) in [5.41, 5.74) is 3.24. The van der Waals surface area contributed by atoms with Crippen molar-refractivity contribution in [2.45, 2.75) is 6.92 Å². The van der Waals surface area contributed by atoms with Gasteiger partial charge in [-0.2, -0.15) is 5.10 Å². The van der Waals surface area contributed by atoms with E-state index < -0.39 is 0 Å². The Kier molecular flexibility index (Phi) is 2.41. The summed E-state index contributed by atoms with van der Waals surface area (Å²) in [6.07, 6.45) is 3.84. The van der Waals surface area contributed by atoms with Gasteiger partial charge in [-0.15, -0.1) is 0 Å². The van der Waals surface area contributed by atoms with Gasteiger partial charge < -0.3 is 5.32 Å². The fraction of sp³-hybridized carbons (Fsp3) is 0.273. The molecule has 0 aliphatic heterocycles. The Bertz CT molecular complexity index is 473. The standard InChI is InChI=1S/C11H14N4/c1-8-10(4-5-11(12-2)14-8)9-6-13-15(3)7-9/h4-7H,1-3H3,(H,12,14). The number of nitrogens with one attached hydrogen (secondary N) is 1. The smallest absolute Gasteiger partial charge is 0.125 e. The van der Waals surface area contributed by atoms with Gasteiger partial charge in [0.25, 0.3) is 0 Å². The minimum Gasteiger partial charge on any atom is -0.373 e. The molecule has 0 aliphatic rings. The molecule has 4 nitrogen and oxygen atoms in total. The van der Waals surface area contributed by atoms with E-state index in [1.807, 2.05) is 39.5 Å². The van der Waals surface area contributed by atoms with Gasteiger partial charge in [-0.1, -0.05) is 0 Å². The SMILES string of the molecule is CNc1ccc(-c2cnn(C)c2)c(C)n1. The number of aryl methyl sites for hydroxylation is 2. The van der Waals surface area contributed by atoms with E-state index in [4.69, 9.17) is 0 Å². The Hall–Kier alpha value is -1.84. The third-order valence-electron chi connectivity index (χ3n) is 2.36. The molecule has 0 bridgehead atoms. The zero-order chi connectivity index (χ0) is 10.8. The maximum atomic E-state index is 4.43. The molecule has 2 aromatic heterocycles. The fourth-order valence-corrected chi connectivity index (χ4v) is 1.57. The van der Waals surface area contributed by atoms with Crippen LogP contribution in [0.4, 0.5) is 5.82 Å². The van der Waals surface area contributed by atoms with E-state index >= 15 is 0 Å². The average Bonchev–Trinajstić information content (AvgIpc) is 2.64. The van der Waals surface area contributed by atoms with Crippen molar-refractivity contribution in [3.63, 3.8) is 0 Å². The van der Waals surface area contributed by atoms with E-state index in [0.29, 0.717) is 0 Å². The van der Waals surface area contributed by atoms with Crippen molar-refractivity contribution < 1.29 is 0 Å². The van der Waals surface area contributed by atoms with E-state index in [-0.39, 0.29) is 0 Å². The Morgan fingerprint density at radius 3 is 2.67 bits per heavy atom. The molecule has 1 N–H and O–H groups in total. The summed E-state index contributed by atoms with van der Waals surface area (Å²) in [4.78, 5) is 4.43. The quantitative estimate of drug-likeness (QED) is 0.808. The average molecular weight is 202 g/mol. The van der Waals surface area contributed by atoms with Crippen LogP contribution in [0.3, 0.4) is 0 Å². The number of anilines is 1. The predicted octanol–water partition coefficient (Wildman–Crippen LogP) is 1.83. The molecular formula is C11H14N4. The molecule has 2 rings (SSSR count). The fourth-order valence-electron chi connectivity index (χ4n) is 1.57. The lowest BCUT2D eigenvalue weighted by Gasteiger charge is -2.05. The van der Waals surface area contributed by atoms with Crippen molar-refractivity contribution in [1.82, 2.24) is 14.8 Å². The highest BCUT2D eigenvalue weighted by atomic mass is 15.2. The highest BCUT2D eigenvalue weighted by Gasteiger charge is 2.05. The molecule has 0 amide bonds. The Morgan fingerprint density at radius 2 is 2.13 bits per heavy atom. The molecule has 2 heterocycles. The van der Waals surface area contributed by atoms with Crippen LogP contribution in [0.5, 0.6) is 0 Å². The Morgan fingerprint density at radius 1 is 1.33 bits per heavy atom. The van der Waals surface area contributed by atoms with Crippen LogP contribution in [0.2, 0.25) is 0 Å². The van der Waals surface area contributed by atoms with Crippen LogP contribution in [0.1, 0.15) is 5.69 Å². The van der Waals surface area contributed by atoms with Crippen molar-refractivity contribution in [2.75, 3.05) is 12.4 Å². The molecule has 0 fully saturated rings. The summed E-state index contributed by atoms with van der Waals surface area (Å²) in [7, 11) is 3.78. The van der Waals surface area contributed by atoms with E-state index in [2.05, 4.69) is 21.5 Å². The first-order chi connectivity index (χ1) is 7.20. The molecule has 0 saturated carbocycles. The number of pyridine rings is 1. The summed E-state index contributed by atoms with van der Waals surface area (Å²) in [6, 6.07) is 4.03. The highest BCUT2D eigenvalue weighted by molar-refractivity contribution is 5.65. The lowest BCUT2D eigenvalue weighted by Crippen LogP contribution is -1.95. The lowest BCUT2D eigenvalue weighted by molar-refractivity contribution is 0.768. The van der Waals surface area contributed by atoms with Crippen LogP contribution in [-0.4, -0.2) is 21.8 Å². The summed E-state index contributed by atoms with van der Waals surface area (Å²) in [5.74, 6) is 0.889. The third-order valence-corrected chi connectivity index (χ3v) is 2.36. The van der Waals surface area contributed by atoms with E-state index in [0.717, 1.165) is 22.6 Å². The molecule has 0 aliphatic carbocycles. The first kappa shape index (κ1) is 9.71. The maximum Gasteiger partial charge on any atom is 0.125 e. The zero-order valence-electron chi connectivity index (χ0n) is 9.15. The number of hydrogen-bond donors (Lipinski definition) is 1. The molecular weight excluding hydrogens is 188 g/mol. The van der Waals surface area contributed by atoms with Crippen molar-refractivity contribution in [1.29, 1.82) is 0 Å². The van der Waals surface area contributed by atoms with Crippen LogP contribution in [-0.2, 0) is 7.05 Å². The van der Waals surface area contributed by atoms with Gasteiger partial charge in [-0.3, -0.25) is 4.68 Å². The zero-order valence-corrected chi connectivity index (χ0v) is 9.15. The first-order valence-corrected chi connectivity index (χ1v) is 4.85. The van der Waals surface area contributed by atoms with Gasteiger partial charge in [0.1, 0.15) is 5.82 Å². The third kappa shape index (κ3) is 1.83. The molecule has 0 spiro atoms.